The van der Waals surface area contributed by atoms with Crippen molar-refractivity contribution >= 4 is 17.3 Å². The Morgan fingerprint density at radius 2 is 1.86 bits per heavy atom. The van der Waals surface area contributed by atoms with Gasteiger partial charge in [0.1, 0.15) is 19.0 Å². The summed E-state index contributed by atoms with van der Waals surface area (Å²) in [7, 11) is 0. The molecule has 3 rings (SSSR count). The van der Waals surface area contributed by atoms with Gasteiger partial charge in [-0.2, -0.15) is 0 Å². The summed E-state index contributed by atoms with van der Waals surface area (Å²) in [4.78, 5) is 0. The van der Waals surface area contributed by atoms with E-state index in [9.17, 15) is 5.11 Å². The molecule has 0 radical (unpaired) electrons. The Kier molecular flexibility index (Phi) is 3.80. The second-order valence-corrected chi connectivity index (χ2v) is 5.34. The van der Waals surface area contributed by atoms with Crippen molar-refractivity contribution in [1.29, 1.82) is 0 Å². The molecule has 0 saturated heterocycles. The fraction of sp³-hybridized carbons (Fsp3) is 0.250. The van der Waals surface area contributed by atoms with Crippen LogP contribution in [0.5, 0.6) is 17.2 Å². The van der Waals surface area contributed by atoms with Gasteiger partial charge in [-0.25, -0.2) is 0 Å². The minimum atomic E-state index is -0.00263. The number of fused-ring (bicyclic) bond motifs is 1. The first-order valence-electron chi connectivity index (χ1n) is 6.78. The zero-order valence-corrected chi connectivity index (χ0v) is 12.4. The first-order chi connectivity index (χ1) is 10.1. The van der Waals surface area contributed by atoms with Crippen LogP contribution < -0.4 is 14.8 Å². The normalized spacial score (nSPS) is 14.6. The molecule has 2 aromatic carbocycles. The van der Waals surface area contributed by atoms with Gasteiger partial charge in [0.2, 0.25) is 0 Å². The van der Waals surface area contributed by atoms with Crippen molar-refractivity contribution in [3.05, 3.63) is 47.0 Å². The van der Waals surface area contributed by atoms with Gasteiger partial charge in [-0.1, -0.05) is 23.7 Å². The molecular formula is C16H16ClNO3. The van der Waals surface area contributed by atoms with Gasteiger partial charge in [0.15, 0.2) is 11.5 Å². The van der Waals surface area contributed by atoms with E-state index in [1.807, 2.05) is 25.1 Å². The lowest BCUT2D eigenvalue weighted by Crippen LogP contribution is -2.16. The van der Waals surface area contributed by atoms with Crippen LogP contribution in [0.3, 0.4) is 0 Å². The summed E-state index contributed by atoms with van der Waals surface area (Å²) in [5.74, 6) is 1.60. The highest BCUT2D eigenvalue weighted by Crippen LogP contribution is 2.39. The number of hydrogen-bond acceptors (Lipinski definition) is 4. The van der Waals surface area contributed by atoms with Crippen LogP contribution in [0.1, 0.15) is 18.5 Å². The Bertz CT molecular complexity index is 660. The summed E-state index contributed by atoms with van der Waals surface area (Å²) in [6, 6.07) is 10.7. The number of phenolic OH excluding ortho intramolecular Hbond substituents is 1. The summed E-state index contributed by atoms with van der Waals surface area (Å²) in [6.07, 6.45) is 0. The molecule has 0 amide bonds. The average molecular weight is 306 g/mol. The maximum Gasteiger partial charge on any atom is 0.163 e. The summed E-state index contributed by atoms with van der Waals surface area (Å²) < 4.78 is 11.1. The van der Waals surface area contributed by atoms with Crippen molar-refractivity contribution in [2.24, 2.45) is 0 Å². The third-order valence-corrected chi connectivity index (χ3v) is 3.69. The summed E-state index contributed by atoms with van der Waals surface area (Å²) >= 11 is 6.28. The molecule has 0 aromatic heterocycles. The highest BCUT2D eigenvalue weighted by Gasteiger charge is 2.16. The van der Waals surface area contributed by atoms with Gasteiger partial charge in [0.25, 0.3) is 0 Å². The topological polar surface area (TPSA) is 50.7 Å². The van der Waals surface area contributed by atoms with Crippen LogP contribution in [0, 0.1) is 0 Å². The maximum atomic E-state index is 9.55. The molecule has 2 N–H and O–H groups in total. The number of phenols is 1. The SMILES string of the molecule is CC(Nc1cc2c(cc1Cl)OCCO2)c1cccc(O)c1. The fourth-order valence-corrected chi connectivity index (χ4v) is 2.49. The van der Waals surface area contributed by atoms with Gasteiger partial charge in [-0.05, 0) is 24.6 Å². The molecule has 0 aliphatic carbocycles. The van der Waals surface area contributed by atoms with Gasteiger partial charge in [0.05, 0.1) is 10.7 Å². The molecule has 5 heteroatoms. The first-order valence-corrected chi connectivity index (χ1v) is 7.16. The number of anilines is 1. The average Bonchev–Trinajstić information content (AvgIpc) is 2.48. The van der Waals surface area contributed by atoms with Gasteiger partial charge in [-0.15, -0.1) is 0 Å². The van der Waals surface area contributed by atoms with Gasteiger partial charge in [-0.3, -0.25) is 0 Å². The predicted molar refractivity (Wildman–Crippen MR) is 82.6 cm³/mol. The molecular weight excluding hydrogens is 290 g/mol. The minimum Gasteiger partial charge on any atom is -0.508 e. The number of rotatable bonds is 3. The van der Waals surface area contributed by atoms with Crippen LogP contribution >= 0.6 is 11.6 Å². The van der Waals surface area contributed by atoms with Crippen molar-refractivity contribution in [3.8, 4) is 17.2 Å². The van der Waals surface area contributed by atoms with Crippen molar-refractivity contribution in [1.82, 2.24) is 0 Å². The molecule has 1 aliphatic rings. The van der Waals surface area contributed by atoms with E-state index in [0.717, 1.165) is 11.3 Å². The Morgan fingerprint density at radius 3 is 2.57 bits per heavy atom. The first kappa shape index (κ1) is 13.9. The van der Waals surface area contributed by atoms with E-state index in [1.54, 1.807) is 18.2 Å². The molecule has 1 atom stereocenters. The molecule has 21 heavy (non-hydrogen) atoms. The van der Waals surface area contributed by atoms with E-state index in [1.165, 1.54) is 0 Å². The number of halogens is 1. The molecule has 0 saturated carbocycles. The second-order valence-electron chi connectivity index (χ2n) is 4.94. The summed E-state index contributed by atoms with van der Waals surface area (Å²) in [6.45, 7) is 3.08. The number of nitrogens with one attached hydrogen (secondary N) is 1. The molecule has 1 unspecified atom stereocenters. The lowest BCUT2D eigenvalue weighted by Gasteiger charge is -2.22. The quantitative estimate of drug-likeness (QED) is 0.900. The minimum absolute atomic E-state index is 0.00263. The second kappa shape index (κ2) is 5.74. The lowest BCUT2D eigenvalue weighted by molar-refractivity contribution is 0.171. The molecule has 2 aromatic rings. The van der Waals surface area contributed by atoms with E-state index in [0.29, 0.717) is 29.7 Å². The predicted octanol–water partition coefficient (Wildman–Crippen LogP) is 3.99. The highest BCUT2D eigenvalue weighted by atomic mass is 35.5. The van der Waals surface area contributed by atoms with Crippen molar-refractivity contribution in [2.75, 3.05) is 18.5 Å². The van der Waals surface area contributed by atoms with E-state index < -0.39 is 0 Å². The van der Waals surface area contributed by atoms with Crippen molar-refractivity contribution in [3.63, 3.8) is 0 Å². The van der Waals surface area contributed by atoms with E-state index >= 15 is 0 Å². The third-order valence-electron chi connectivity index (χ3n) is 3.37. The third kappa shape index (κ3) is 3.00. The largest absolute Gasteiger partial charge is 0.508 e. The monoisotopic (exact) mass is 305 g/mol. The lowest BCUT2D eigenvalue weighted by atomic mass is 10.1. The fourth-order valence-electron chi connectivity index (χ4n) is 2.29. The van der Waals surface area contributed by atoms with E-state index in [-0.39, 0.29) is 11.8 Å². The highest BCUT2D eigenvalue weighted by molar-refractivity contribution is 6.33. The van der Waals surface area contributed by atoms with Crippen LogP contribution in [0.4, 0.5) is 5.69 Å². The van der Waals surface area contributed by atoms with Crippen LogP contribution in [-0.2, 0) is 0 Å². The maximum absolute atomic E-state index is 9.55. The zero-order valence-electron chi connectivity index (χ0n) is 11.6. The van der Waals surface area contributed by atoms with Gasteiger partial charge in [0, 0.05) is 18.2 Å². The molecule has 1 aliphatic heterocycles. The Labute approximate surface area is 128 Å². The number of ether oxygens (including phenoxy) is 2. The number of aromatic hydroxyl groups is 1. The van der Waals surface area contributed by atoms with E-state index in [4.69, 9.17) is 21.1 Å². The zero-order chi connectivity index (χ0) is 14.8. The Morgan fingerprint density at radius 1 is 1.14 bits per heavy atom. The molecule has 0 spiro atoms. The van der Waals surface area contributed by atoms with Crippen LogP contribution in [0.2, 0.25) is 5.02 Å². The molecule has 1 heterocycles. The van der Waals surface area contributed by atoms with Gasteiger partial charge >= 0.3 is 0 Å². The Balaban J connectivity index is 1.84. The van der Waals surface area contributed by atoms with Crippen molar-refractivity contribution < 1.29 is 14.6 Å². The summed E-state index contributed by atoms with van der Waals surface area (Å²) in [5.41, 5.74) is 1.75. The number of benzene rings is 2. The van der Waals surface area contributed by atoms with Crippen LogP contribution in [0.15, 0.2) is 36.4 Å². The van der Waals surface area contributed by atoms with E-state index in [2.05, 4.69) is 5.32 Å². The van der Waals surface area contributed by atoms with Crippen LogP contribution in [0.25, 0.3) is 0 Å². The molecule has 0 fully saturated rings. The molecule has 110 valence electrons. The van der Waals surface area contributed by atoms with Crippen molar-refractivity contribution in [2.45, 2.75) is 13.0 Å². The molecule has 4 nitrogen and oxygen atoms in total. The molecule has 0 bridgehead atoms. The Hall–Kier alpha value is -2.07. The smallest absolute Gasteiger partial charge is 0.163 e. The van der Waals surface area contributed by atoms with Crippen LogP contribution in [-0.4, -0.2) is 18.3 Å². The standard InChI is InChI=1S/C16H16ClNO3/c1-10(11-3-2-4-12(19)7-11)18-14-9-16-15(8-13(14)17)20-5-6-21-16/h2-4,7-10,18-19H,5-6H2,1H3. The number of hydrogen-bond donors (Lipinski definition) is 2. The summed E-state index contributed by atoms with van der Waals surface area (Å²) in [5, 5.41) is 13.5. The van der Waals surface area contributed by atoms with Gasteiger partial charge < -0.3 is 19.9 Å².